The van der Waals surface area contributed by atoms with Crippen molar-refractivity contribution in [1.29, 1.82) is 0 Å². The highest BCUT2D eigenvalue weighted by Gasteiger charge is 2.50. The number of aliphatic carboxylic acids is 1. The van der Waals surface area contributed by atoms with Gasteiger partial charge in [0, 0.05) is 26.3 Å². The Kier molecular flexibility index (Phi) is 3.22. The number of likely N-dealkylation sites (tertiary alicyclic amines) is 1. The average molecular weight is 227 g/mol. The van der Waals surface area contributed by atoms with Crippen LogP contribution in [-0.4, -0.2) is 47.8 Å². The van der Waals surface area contributed by atoms with E-state index in [-0.39, 0.29) is 0 Å². The highest BCUT2D eigenvalue weighted by atomic mass is 16.5. The van der Waals surface area contributed by atoms with Crippen LogP contribution in [0.25, 0.3) is 0 Å². The van der Waals surface area contributed by atoms with Gasteiger partial charge >= 0.3 is 5.97 Å². The molecule has 0 bridgehead atoms. The van der Waals surface area contributed by atoms with Crippen LogP contribution in [0, 0.1) is 11.8 Å². The van der Waals surface area contributed by atoms with Gasteiger partial charge in [0.1, 0.15) is 5.54 Å². The molecule has 0 spiro atoms. The summed E-state index contributed by atoms with van der Waals surface area (Å²) in [5, 5.41) is 9.45. The number of carboxylic acid groups (broad SMARTS) is 1. The molecule has 2 aliphatic rings. The van der Waals surface area contributed by atoms with Crippen molar-refractivity contribution in [2.45, 2.75) is 32.2 Å². The van der Waals surface area contributed by atoms with Gasteiger partial charge in [0.05, 0.1) is 0 Å². The lowest BCUT2D eigenvalue weighted by Crippen LogP contribution is -2.66. The lowest BCUT2D eigenvalue weighted by molar-refractivity contribution is -0.168. The van der Waals surface area contributed by atoms with Gasteiger partial charge in [0.25, 0.3) is 0 Å². The van der Waals surface area contributed by atoms with Crippen molar-refractivity contribution in [3.63, 3.8) is 0 Å². The summed E-state index contributed by atoms with van der Waals surface area (Å²) in [5.41, 5.74) is -0.635. The fraction of sp³-hybridized carbons (Fsp3) is 0.917. The number of hydrogen-bond donors (Lipinski definition) is 1. The third-order valence-electron chi connectivity index (χ3n) is 4.18. The third-order valence-corrected chi connectivity index (χ3v) is 4.18. The van der Waals surface area contributed by atoms with E-state index >= 15 is 0 Å². The fourth-order valence-corrected chi connectivity index (χ4v) is 2.66. The number of ether oxygens (including phenoxy) is 1. The first-order valence-electron chi connectivity index (χ1n) is 6.12. The average Bonchev–Trinajstić information content (AvgIpc) is 2.15. The molecule has 2 saturated heterocycles. The van der Waals surface area contributed by atoms with Crippen LogP contribution in [0.1, 0.15) is 26.7 Å². The minimum Gasteiger partial charge on any atom is -0.480 e. The molecular formula is C12H21NO3. The molecule has 16 heavy (non-hydrogen) atoms. The minimum absolute atomic E-state index is 0.579. The molecule has 2 heterocycles. The Morgan fingerprint density at radius 1 is 1.38 bits per heavy atom. The SMILES string of the molecule is CC(C)C1CN(C2(C(=O)O)CCOCC2)C1. The second-order valence-corrected chi connectivity index (χ2v) is 5.36. The van der Waals surface area contributed by atoms with Gasteiger partial charge in [-0.3, -0.25) is 9.69 Å². The highest BCUT2D eigenvalue weighted by molar-refractivity contribution is 5.79. The van der Waals surface area contributed by atoms with Crippen molar-refractivity contribution in [2.75, 3.05) is 26.3 Å². The fourth-order valence-electron chi connectivity index (χ4n) is 2.66. The largest absolute Gasteiger partial charge is 0.480 e. The van der Waals surface area contributed by atoms with Crippen LogP contribution in [0.2, 0.25) is 0 Å². The monoisotopic (exact) mass is 227 g/mol. The summed E-state index contributed by atoms with van der Waals surface area (Å²) >= 11 is 0. The van der Waals surface area contributed by atoms with Crippen LogP contribution in [0.15, 0.2) is 0 Å². The van der Waals surface area contributed by atoms with Crippen molar-refractivity contribution in [3.05, 3.63) is 0 Å². The summed E-state index contributed by atoms with van der Waals surface area (Å²) in [7, 11) is 0. The predicted molar refractivity (Wildman–Crippen MR) is 60.3 cm³/mol. The maximum absolute atomic E-state index is 11.5. The van der Waals surface area contributed by atoms with E-state index in [1.807, 2.05) is 0 Å². The van der Waals surface area contributed by atoms with Crippen LogP contribution in [0.5, 0.6) is 0 Å². The molecular weight excluding hydrogens is 206 g/mol. The number of carboxylic acids is 1. The zero-order valence-corrected chi connectivity index (χ0v) is 10.1. The van der Waals surface area contributed by atoms with Gasteiger partial charge in [-0.15, -0.1) is 0 Å². The van der Waals surface area contributed by atoms with Gasteiger partial charge in [0.15, 0.2) is 0 Å². The Bertz CT molecular complexity index is 265. The molecule has 0 unspecified atom stereocenters. The third kappa shape index (κ3) is 1.84. The maximum Gasteiger partial charge on any atom is 0.324 e. The highest BCUT2D eigenvalue weighted by Crippen LogP contribution is 2.36. The van der Waals surface area contributed by atoms with Gasteiger partial charge < -0.3 is 9.84 Å². The van der Waals surface area contributed by atoms with Crippen molar-refractivity contribution in [3.8, 4) is 0 Å². The molecule has 0 aromatic carbocycles. The Labute approximate surface area is 96.6 Å². The zero-order valence-electron chi connectivity index (χ0n) is 10.1. The second-order valence-electron chi connectivity index (χ2n) is 5.36. The van der Waals surface area contributed by atoms with E-state index in [9.17, 15) is 9.90 Å². The smallest absolute Gasteiger partial charge is 0.324 e. The van der Waals surface area contributed by atoms with Crippen LogP contribution in [-0.2, 0) is 9.53 Å². The Morgan fingerprint density at radius 3 is 2.38 bits per heavy atom. The Balaban J connectivity index is 2.02. The number of nitrogens with zero attached hydrogens (tertiary/aromatic N) is 1. The topological polar surface area (TPSA) is 49.8 Å². The van der Waals surface area contributed by atoms with Crippen LogP contribution in [0.4, 0.5) is 0 Å². The quantitative estimate of drug-likeness (QED) is 0.787. The summed E-state index contributed by atoms with van der Waals surface area (Å²) in [5.74, 6) is 0.652. The summed E-state index contributed by atoms with van der Waals surface area (Å²) in [6, 6.07) is 0. The molecule has 4 nitrogen and oxygen atoms in total. The minimum atomic E-state index is -0.669. The normalized spacial score (nSPS) is 26.7. The van der Waals surface area contributed by atoms with Crippen molar-refractivity contribution in [1.82, 2.24) is 4.90 Å². The first kappa shape index (κ1) is 11.9. The van der Waals surface area contributed by atoms with Crippen molar-refractivity contribution < 1.29 is 14.6 Å². The number of hydrogen-bond acceptors (Lipinski definition) is 3. The van der Waals surface area contributed by atoms with Crippen LogP contribution >= 0.6 is 0 Å². The van der Waals surface area contributed by atoms with Gasteiger partial charge in [-0.1, -0.05) is 13.8 Å². The maximum atomic E-state index is 11.5. The Hall–Kier alpha value is -0.610. The molecule has 0 radical (unpaired) electrons. The summed E-state index contributed by atoms with van der Waals surface area (Å²) in [6.07, 6.45) is 1.26. The summed E-state index contributed by atoms with van der Waals surface area (Å²) in [6.45, 7) is 7.44. The number of carbonyl (C=O) groups is 1. The Morgan fingerprint density at radius 2 is 1.94 bits per heavy atom. The van der Waals surface area contributed by atoms with Gasteiger partial charge in [-0.2, -0.15) is 0 Å². The summed E-state index contributed by atoms with van der Waals surface area (Å²) in [4.78, 5) is 13.6. The molecule has 0 amide bonds. The summed E-state index contributed by atoms with van der Waals surface area (Å²) < 4.78 is 5.28. The lowest BCUT2D eigenvalue weighted by atomic mass is 9.79. The molecule has 1 N–H and O–H groups in total. The van der Waals surface area contributed by atoms with E-state index in [4.69, 9.17) is 4.74 Å². The lowest BCUT2D eigenvalue weighted by Gasteiger charge is -2.52. The van der Waals surface area contributed by atoms with Crippen molar-refractivity contribution in [2.24, 2.45) is 11.8 Å². The first-order chi connectivity index (χ1) is 7.56. The molecule has 2 rings (SSSR count). The zero-order chi connectivity index (χ0) is 11.8. The van der Waals surface area contributed by atoms with E-state index in [0.29, 0.717) is 37.9 Å². The molecule has 4 heteroatoms. The second kappa shape index (κ2) is 4.34. The first-order valence-corrected chi connectivity index (χ1v) is 6.12. The van der Waals surface area contributed by atoms with Crippen LogP contribution < -0.4 is 0 Å². The van der Waals surface area contributed by atoms with Gasteiger partial charge in [0.2, 0.25) is 0 Å². The van der Waals surface area contributed by atoms with E-state index in [1.54, 1.807) is 0 Å². The van der Waals surface area contributed by atoms with Crippen molar-refractivity contribution >= 4 is 5.97 Å². The molecule has 2 aliphatic heterocycles. The van der Waals surface area contributed by atoms with E-state index in [1.165, 1.54) is 0 Å². The van der Waals surface area contributed by atoms with Gasteiger partial charge in [-0.05, 0) is 24.7 Å². The van der Waals surface area contributed by atoms with Gasteiger partial charge in [-0.25, -0.2) is 0 Å². The molecule has 0 aliphatic carbocycles. The van der Waals surface area contributed by atoms with E-state index in [2.05, 4.69) is 18.7 Å². The molecule has 0 aromatic rings. The molecule has 92 valence electrons. The molecule has 2 fully saturated rings. The standard InChI is InChI=1S/C12H21NO3/c1-9(2)10-7-13(8-10)12(11(14)15)3-5-16-6-4-12/h9-10H,3-8H2,1-2H3,(H,14,15). The van der Waals surface area contributed by atoms with Crippen LogP contribution in [0.3, 0.4) is 0 Å². The van der Waals surface area contributed by atoms with E-state index in [0.717, 1.165) is 13.1 Å². The molecule has 0 aromatic heterocycles. The van der Waals surface area contributed by atoms with E-state index < -0.39 is 11.5 Å². The molecule has 0 atom stereocenters. The molecule has 0 saturated carbocycles. The number of rotatable bonds is 3. The predicted octanol–water partition coefficient (Wildman–Crippen LogP) is 1.21.